The largest absolute Gasteiger partial charge is 0.368 e. The van der Waals surface area contributed by atoms with E-state index in [-0.39, 0.29) is 11.9 Å². The summed E-state index contributed by atoms with van der Waals surface area (Å²) in [6.45, 7) is 4.88. The summed E-state index contributed by atoms with van der Waals surface area (Å²) >= 11 is 0. The summed E-state index contributed by atoms with van der Waals surface area (Å²) < 4.78 is 0. The zero-order valence-corrected chi connectivity index (χ0v) is 9.86. The van der Waals surface area contributed by atoms with Crippen LogP contribution in [0.2, 0.25) is 0 Å². The molecule has 1 aliphatic heterocycles. The first-order valence-electron chi connectivity index (χ1n) is 5.75. The summed E-state index contributed by atoms with van der Waals surface area (Å²) in [6.07, 6.45) is 2.19. The molecule has 0 aliphatic carbocycles. The van der Waals surface area contributed by atoms with Crippen LogP contribution in [-0.2, 0) is 11.2 Å². The Morgan fingerprint density at radius 2 is 2.25 bits per heavy atom. The number of primary amides is 1. The molecule has 1 aliphatic rings. The van der Waals surface area contributed by atoms with Gasteiger partial charge in [-0.25, -0.2) is 0 Å². The number of aryl methyl sites for hydroxylation is 2. The molecule has 3 heteroatoms. The number of carbonyl (C=O) groups excluding carboxylic acids is 1. The van der Waals surface area contributed by atoms with Gasteiger partial charge in [-0.2, -0.15) is 0 Å². The van der Waals surface area contributed by atoms with E-state index in [2.05, 4.69) is 30.0 Å². The first-order chi connectivity index (χ1) is 7.59. The number of carbonyl (C=O) groups is 1. The van der Waals surface area contributed by atoms with Gasteiger partial charge in [0, 0.05) is 12.2 Å². The lowest BCUT2D eigenvalue weighted by Gasteiger charge is -2.34. The van der Waals surface area contributed by atoms with Gasteiger partial charge in [0.1, 0.15) is 6.04 Å². The Bertz CT molecular complexity index is 414. The molecule has 1 atom stereocenters. The Hall–Kier alpha value is -1.51. The molecule has 0 saturated carbocycles. The molecule has 1 aromatic carbocycles. The third-order valence-corrected chi connectivity index (χ3v) is 3.27. The molecule has 2 N–H and O–H groups in total. The van der Waals surface area contributed by atoms with E-state index in [4.69, 9.17) is 5.73 Å². The van der Waals surface area contributed by atoms with E-state index in [1.807, 2.05) is 6.92 Å². The zero-order valence-electron chi connectivity index (χ0n) is 9.86. The van der Waals surface area contributed by atoms with E-state index in [1.54, 1.807) is 0 Å². The number of hydrogen-bond acceptors (Lipinski definition) is 2. The highest BCUT2D eigenvalue weighted by Gasteiger charge is 2.24. The van der Waals surface area contributed by atoms with Gasteiger partial charge in [-0.3, -0.25) is 4.79 Å². The number of nitrogens with zero attached hydrogens (tertiary/aromatic N) is 1. The fraction of sp³-hybridized carbons (Fsp3) is 0.462. The van der Waals surface area contributed by atoms with Crippen molar-refractivity contribution >= 4 is 11.6 Å². The molecular formula is C13H18N2O. The highest BCUT2D eigenvalue weighted by atomic mass is 16.1. The Kier molecular flexibility index (Phi) is 2.86. The van der Waals surface area contributed by atoms with Crippen LogP contribution in [-0.4, -0.2) is 18.5 Å². The van der Waals surface area contributed by atoms with E-state index in [1.165, 1.54) is 16.8 Å². The molecule has 0 spiro atoms. The second-order valence-electron chi connectivity index (χ2n) is 4.51. The van der Waals surface area contributed by atoms with Gasteiger partial charge in [0.25, 0.3) is 0 Å². The van der Waals surface area contributed by atoms with Crippen molar-refractivity contribution in [2.75, 3.05) is 11.4 Å². The number of benzene rings is 1. The molecule has 0 fully saturated rings. The first kappa shape index (κ1) is 11.0. The summed E-state index contributed by atoms with van der Waals surface area (Å²) in [5.74, 6) is -0.256. The standard InChI is InChI=1S/C13H18N2O/c1-9-5-6-12-11(8-9)4-3-7-15(12)10(2)13(14)16/h5-6,8,10H,3-4,7H2,1-2H3,(H2,14,16)/t10-/m0/s1. The molecule has 2 rings (SSSR count). The van der Waals surface area contributed by atoms with Crippen molar-refractivity contribution in [2.45, 2.75) is 32.7 Å². The molecule has 0 aromatic heterocycles. The highest BCUT2D eigenvalue weighted by molar-refractivity contribution is 5.83. The van der Waals surface area contributed by atoms with Crippen LogP contribution in [0.4, 0.5) is 5.69 Å². The van der Waals surface area contributed by atoms with Crippen molar-refractivity contribution in [3.8, 4) is 0 Å². The molecule has 0 saturated heterocycles. The number of nitrogens with two attached hydrogens (primary N) is 1. The van der Waals surface area contributed by atoms with E-state index >= 15 is 0 Å². The van der Waals surface area contributed by atoms with Crippen molar-refractivity contribution in [2.24, 2.45) is 5.73 Å². The lowest BCUT2D eigenvalue weighted by Crippen LogP contribution is -2.45. The second kappa shape index (κ2) is 4.16. The van der Waals surface area contributed by atoms with Gasteiger partial charge in [0.2, 0.25) is 5.91 Å². The van der Waals surface area contributed by atoms with Gasteiger partial charge >= 0.3 is 0 Å². The van der Waals surface area contributed by atoms with Crippen LogP contribution in [0.5, 0.6) is 0 Å². The predicted molar refractivity (Wildman–Crippen MR) is 65.5 cm³/mol. The fourth-order valence-electron chi connectivity index (χ4n) is 2.31. The van der Waals surface area contributed by atoms with E-state index < -0.39 is 0 Å². The minimum absolute atomic E-state index is 0.221. The average molecular weight is 218 g/mol. The smallest absolute Gasteiger partial charge is 0.239 e. The zero-order chi connectivity index (χ0) is 11.7. The number of anilines is 1. The van der Waals surface area contributed by atoms with Crippen molar-refractivity contribution in [1.29, 1.82) is 0 Å². The molecule has 86 valence electrons. The van der Waals surface area contributed by atoms with Crippen LogP contribution in [0.3, 0.4) is 0 Å². The predicted octanol–water partition coefficient (Wildman–Crippen LogP) is 1.62. The van der Waals surface area contributed by atoms with Crippen LogP contribution >= 0.6 is 0 Å². The molecule has 1 heterocycles. The average Bonchev–Trinajstić information content (AvgIpc) is 2.26. The van der Waals surface area contributed by atoms with Gasteiger partial charge in [0.15, 0.2) is 0 Å². The first-order valence-corrected chi connectivity index (χ1v) is 5.75. The number of amides is 1. The van der Waals surface area contributed by atoms with Gasteiger partial charge < -0.3 is 10.6 Å². The maximum Gasteiger partial charge on any atom is 0.239 e. The van der Waals surface area contributed by atoms with Crippen molar-refractivity contribution < 1.29 is 4.79 Å². The second-order valence-corrected chi connectivity index (χ2v) is 4.51. The fourth-order valence-corrected chi connectivity index (χ4v) is 2.31. The summed E-state index contributed by atoms with van der Waals surface area (Å²) in [5.41, 5.74) is 9.15. The SMILES string of the molecule is Cc1ccc2c(c1)CCCN2[C@@H](C)C(N)=O. The maximum atomic E-state index is 11.3. The van der Waals surface area contributed by atoms with Crippen molar-refractivity contribution in [3.05, 3.63) is 29.3 Å². The van der Waals surface area contributed by atoms with Gasteiger partial charge in [-0.1, -0.05) is 17.7 Å². The van der Waals surface area contributed by atoms with E-state index in [0.29, 0.717) is 0 Å². The van der Waals surface area contributed by atoms with Gasteiger partial charge in [0.05, 0.1) is 0 Å². The van der Waals surface area contributed by atoms with Crippen LogP contribution in [0.1, 0.15) is 24.5 Å². The Morgan fingerprint density at radius 1 is 1.50 bits per heavy atom. The molecular weight excluding hydrogens is 200 g/mol. The monoisotopic (exact) mass is 218 g/mol. The molecule has 0 radical (unpaired) electrons. The normalized spacial score (nSPS) is 16.8. The Labute approximate surface area is 96.2 Å². The van der Waals surface area contributed by atoms with Crippen LogP contribution in [0, 0.1) is 6.92 Å². The lowest BCUT2D eigenvalue weighted by molar-refractivity contribution is -0.119. The molecule has 0 bridgehead atoms. The number of fused-ring (bicyclic) bond motifs is 1. The Balaban J connectivity index is 2.36. The van der Waals surface area contributed by atoms with Gasteiger partial charge in [-0.05, 0) is 38.3 Å². The van der Waals surface area contributed by atoms with Crippen LogP contribution in [0.15, 0.2) is 18.2 Å². The van der Waals surface area contributed by atoms with E-state index in [9.17, 15) is 4.79 Å². The van der Waals surface area contributed by atoms with E-state index in [0.717, 1.165) is 19.4 Å². The van der Waals surface area contributed by atoms with Crippen molar-refractivity contribution in [1.82, 2.24) is 0 Å². The summed E-state index contributed by atoms with van der Waals surface area (Å²) in [6, 6.07) is 6.17. The number of hydrogen-bond donors (Lipinski definition) is 1. The Morgan fingerprint density at radius 3 is 2.94 bits per heavy atom. The van der Waals surface area contributed by atoms with Crippen LogP contribution in [0.25, 0.3) is 0 Å². The lowest BCUT2D eigenvalue weighted by atomic mass is 9.98. The molecule has 16 heavy (non-hydrogen) atoms. The molecule has 0 unspecified atom stereocenters. The number of rotatable bonds is 2. The highest BCUT2D eigenvalue weighted by Crippen LogP contribution is 2.29. The third kappa shape index (κ3) is 1.90. The summed E-state index contributed by atoms with van der Waals surface area (Å²) in [4.78, 5) is 13.4. The summed E-state index contributed by atoms with van der Waals surface area (Å²) in [5, 5.41) is 0. The van der Waals surface area contributed by atoms with Crippen LogP contribution < -0.4 is 10.6 Å². The molecule has 3 nitrogen and oxygen atoms in total. The minimum atomic E-state index is -0.256. The molecule has 1 amide bonds. The van der Waals surface area contributed by atoms with Gasteiger partial charge in [-0.15, -0.1) is 0 Å². The molecule has 1 aromatic rings. The summed E-state index contributed by atoms with van der Waals surface area (Å²) in [7, 11) is 0. The van der Waals surface area contributed by atoms with Crippen molar-refractivity contribution in [3.63, 3.8) is 0 Å². The minimum Gasteiger partial charge on any atom is -0.368 e. The topological polar surface area (TPSA) is 46.3 Å². The maximum absolute atomic E-state index is 11.3. The third-order valence-electron chi connectivity index (χ3n) is 3.27. The quantitative estimate of drug-likeness (QED) is 0.820.